The van der Waals surface area contributed by atoms with Gasteiger partial charge in [-0.2, -0.15) is 0 Å². The summed E-state index contributed by atoms with van der Waals surface area (Å²) in [5.41, 5.74) is 2.72. The highest BCUT2D eigenvalue weighted by atomic mass is 35.5. The Hall–Kier alpha value is -2.20. The van der Waals surface area contributed by atoms with E-state index in [0.29, 0.717) is 11.0 Å². The second-order valence-corrected chi connectivity index (χ2v) is 4.89. The van der Waals surface area contributed by atoms with Crippen LogP contribution in [0.15, 0.2) is 36.5 Å². The summed E-state index contributed by atoms with van der Waals surface area (Å²) in [6.45, 7) is 3.72. The van der Waals surface area contributed by atoms with Gasteiger partial charge in [-0.25, -0.2) is 9.97 Å². The Labute approximate surface area is 121 Å². The molecule has 0 bridgehead atoms. The van der Waals surface area contributed by atoms with Crippen molar-refractivity contribution in [3.8, 4) is 0 Å². The van der Waals surface area contributed by atoms with Crippen LogP contribution in [0.5, 0.6) is 0 Å². The molecule has 1 N–H and O–H groups in total. The zero-order chi connectivity index (χ0) is 14.1. The topological polar surface area (TPSA) is 50.7 Å². The van der Waals surface area contributed by atoms with E-state index in [1.165, 1.54) is 0 Å². The van der Waals surface area contributed by atoms with Gasteiger partial charge in [-0.05, 0) is 38.1 Å². The van der Waals surface area contributed by atoms with Gasteiger partial charge in [0.05, 0.1) is 5.52 Å². The summed E-state index contributed by atoms with van der Waals surface area (Å²) in [5.74, 6) is 1.36. The lowest BCUT2D eigenvalue weighted by Gasteiger charge is -2.12. The maximum atomic E-state index is 6.10. The van der Waals surface area contributed by atoms with Gasteiger partial charge in [0.15, 0.2) is 0 Å². The zero-order valence-electron chi connectivity index (χ0n) is 11.2. The number of aromatic nitrogens is 3. The number of fused-ring (bicyclic) bond motifs is 1. The molecular weight excluding hydrogens is 272 g/mol. The number of rotatable bonds is 2. The predicted octanol–water partition coefficient (Wildman–Crippen LogP) is 4.04. The number of nitrogens with zero attached hydrogens (tertiary/aromatic N) is 3. The summed E-state index contributed by atoms with van der Waals surface area (Å²) < 4.78 is 0. The molecule has 2 aromatic heterocycles. The molecule has 0 saturated heterocycles. The van der Waals surface area contributed by atoms with Crippen LogP contribution in [0.1, 0.15) is 11.4 Å². The van der Waals surface area contributed by atoms with Crippen molar-refractivity contribution in [1.29, 1.82) is 0 Å². The molecule has 3 rings (SSSR count). The summed E-state index contributed by atoms with van der Waals surface area (Å²) in [6, 6.07) is 9.87. The van der Waals surface area contributed by atoms with Crippen LogP contribution >= 0.6 is 11.6 Å². The van der Waals surface area contributed by atoms with Crippen LogP contribution in [-0.4, -0.2) is 15.0 Å². The molecule has 0 radical (unpaired) electrons. The molecule has 0 aliphatic rings. The van der Waals surface area contributed by atoms with E-state index in [4.69, 9.17) is 11.6 Å². The van der Waals surface area contributed by atoms with Gasteiger partial charge in [0.2, 0.25) is 0 Å². The van der Waals surface area contributed by atoms with E-state index < -0.39 is 0 Å². The van der Waals surface area contributed by atoms with E-state index in [0.717, 1.165) is 28.0 Å². The third kappa shape index (κ3) is 2.30. The van der Waals surface area contributed by atoms with Crippen LogP contribution in [0.3, 0.4) is 0 Å². The number of pyridine rings is 1. The van der Waals surface area contributed by atoms with Gasteiger partial charge < -0.3 is 5.32 Å². The van der Waals surface area contributed by atoms with Crippen molar-refractivity contribution in [3.63, 3.8) is 0 Å². The van der Waals surface area contributed by atoms with Crippen LogP contribution in [0.2, 0.25) is 5.15 Å². The predicted molar refractivity (Wildman–Crippen MR) is 81.5 cm³/mol. The first kappa shape index (κ1) is 12.8. The highest BCUT2D eigenvalue weighted by Crippen LogP contribution is 2.27. The number of anilines is 2. The van der Waals surface area contributed by atoms with Crippen LogP contribution in [0.4, 0.5) is 11.5 Å². The Morgan fingerprint density at radius 3 is 2.75 bits per heavy atom. The Morgan fingerprint density at radius 1 is 1.05 bits per heavy atom. The normalized spacial score (nSPS) is 10.8. The fourth-order valence-electron chi connectivity index (χ4n) is 2.06. The number of nitrogens with one attached hydrogen (secondary N) is 1. The molecule has 4 nitrogen and oxygen atoms in total. The fourth-order valence-corrected chi connectivity index (χ4v) is 2.27. The van der Waals surface area contributed by atoms with E-state index in [9.17, 15) is 0 Å². The lowest BCUT2D eigenvalue weighted by atomic mass is 10.2. The standard InChI is InChI=1S/C15H13ClN4/c1-9-14(16)18-10(2)19-15(9)20-13-7-3-6-12-11(13)5-4-8-17-12/h3-8H,1-2H3,(H,18,19,20). The number of hydrogen-bond acceptors (Lipinski definition) is 4. The Morgan fingerprint density at radius 2 is 1.90 bits per heavy atom. The highest BCUT2D eigenvalue weighted by molar-refractivity contribution is 6.30. The lowest BCUT2D eigenvalue weighted by molar-refractivity contribution is 1.04. The molecule has 0 spiro atoms. The number of hydrogen-bond donors (Lipinski definition) is 1. The molecule has 3 aromatic rings. The molecule has 0 unspecified atom stereocenters. The monoisotopic (exact) mass is 284 g/mol. The summed E-state index contributed by atoms with van der Waals surface area (Å²) in [7, 11) is 0. The average Bonchev–Trinajstić information content (AvgIpc) is 2.44. The molecular formula is C15H13ClN4. The summed E-state index contributed by atoms with van der Waals surface area (Å²) in [6.07, 6.45) is 1.78. The molecule has 0 fully saturated rings. The van der Waals surface area contributed by atoms with Gasteiger partial charge in [-0.15, -0.1) is 0 Å². The first-order valence-electron chi connectivity index (χ1n) is 6.26. The van der Waals surface area contributed by atoms with Crippen molar-refractivity contribution < 1.29 is 0 Å². The first-order valence-corrected chi connectivity index (χ1v) is 6.64. The van der Waals surface area contributed by atoms with Crippen LogP contribution in [-0.2, 0) is 0 Å². The molecule has 5 heteroatoms. The fraction of sp³-hybridized carbons (Fsp3) is 0.133. The quantitative estimate of drug-likeness (QED) is 0.722. The van der Waals surface area contributed by atoms with Crippen molar-refractivity contribution in [2.75, 3.05) is 5.32 Å². The summed E-state index contributed by atoms with van der Waals surface area (Å²) >= 11 is 6.10. The minimum atomic E-state index is 0.471. The van der Waals surface area contributed by atoms with Crippen molar-refractivity contribution >= 4 is 34.0 Å². The maximum Gasteiger partial charge on any atom is 0.138 e. The molecule has 20 heavy (non-hydrogen) atoms. The minimum absolute atomic E-state index is 0.471. The summed E-state index contributed by atoms with van der Waals surface area (Å²) in [4.78, 5) is 12.9. The van der Waals surface area contributed by atoms with Crippen LogP contribution in [0.25, 0.3) is 10.9 Å². The number of aryl methyl sites for hydroxylation is 1. The van der Waals surface area contributed by atoms with Crippen molar-refractivity contribution in [2.24, 2.45) is 0 Å². The molecule has 0 aliphatic heterocycles. The van der Waals surface area contributed by atoms with E-state index >= 15 is 0 Å². The van der Waals surface area contributed by atoms with Gasteiger partial charge in [-0.3, -0.25) is 4.98 Å². The molecule has 0 saturated carbocycles. The summed E-state index contributed by atoms with van der Waals surface area (Å²) in [5, 5.41) is 4.84. The SMILES string of the molecule is Cc1nc(Cl)c(C)c(Nc2cccc3ncccc23)n1. The van der Waals surface area contributed by atoms with E-state index in [2.05, 4.69) is 20.3 Å². The van der Waals surface area contributed by atoms with Gasteiger partial charge in [0.1, 0.15) is 16.8 Å². The van der Waals surface area contributed by atoms with Crippen LogP contribution < -0.4 is 5.32 Å². The highest BCUT2D eigenvalue weighted by Gasteiger charge is 2.09. The third-order valence-corrected chi connectivity index (χ3v) is 3.46. The third-order valence-electron chi connectivity index (χ3n) is 3.10. The van der Waals surface area contributed by atoms with E-state index in [1.807, 2.05) is 44.2 Å². The Bertz CT molecular complexity index is 781. The number of halogens is 1. The van der Waals surface area contributed by atoms with Gasteiger partial charge >= 0.3 is 0 Å². The lowest BCUT2D eigenvalue weighted by Crippen LogP contribution is -2.01. The first-order chi connectivity index (χ1) is 9.65. The minimum Gasteiger partial charge on any atom is -0.339 e. The molecule has 2 heterocycles. The smallest absolute Gasteiger partial charge is 0.138 e. The second kappa shape index (κ2) is 5.06. The van der Waals surface area contributed by atoms with Gasteiger partial charge in [0, 0.05) is 22.8 Å². The van der Waals surface area contributed by atoms with Crippen LogP contribution in [0, 0.1) is 13.8 Å². The van der Waals surface area contributed by atoms with Crippen molar-refractivity contribution in [2.45, 2.75) is 13.8 Å². The van der Waals surface area contributed by atoms with Gasteiger partial charge in [-0.1, -0.05) is 17.7 Å². The molecule has 100 valence electrons. The van der Waals surface area contributed by atoms with Crippen molar-refractivity contribution in [1.82, 2.24) is 15.0 Å². The van der Waals surface area contributed by atoms with Gasteiger partial charge in [0.25, 0.3) is 0 Å². The zero-order valence-corrected chi connectivity index (χ0v) is 11.9. The Kier molecular flexibility index (Phi) is 3.24. The largest absolute Gasteiger partial charge is 0.339 e. The number of benzene rings is 1. The van der Waals surface area contributed by atoms with E-state index in [1.54, 1.807) is 6.20 Å². The average molecular weight is 285 g/mol. The maximum absolute atomic E-state index is 6.10. The Balaban J connectivity index is 2.10. The second-order valence-electron chi connectivity index (χ2n) is 4.54. The molecule has 0 aliphatic carbocycles. The van der Waals surface area contributed by atoms with Crippen molar-refractivity contribution in [3.05, 3.63) is 53.1 Å². The van der Waals surface area contributed by atoms with E-state index in [-0.39, 0.29) is 0 Å². The molecule has 0 atom stereocenters. The molecule has 0 amide bonds. The molecule has 1 aromatic carbocycles.